The second-order valence-electron chi connectivity index (χ2n) is 7.28. The van der Waals surface area contributed by atoms with Crippen molar-refractivity contribution in [2.24, 2.45) is 0 Å². The van der Waals surface area contributed by atoms with Crippen molar-refractivity contribution >= 4 is 32.6 Å². The minimum atomic E-state index is -3.41. The third-order valence-corrected chi connectivity index (χ3v) is 7.13. The average molecular weight is 393 g/mol. The smallest absolute Gasteiger partial charge is 0.236 e. The second kappa shape index (κ2) is 7.46. The van der Waals surface area contributed by atoms with Gasteiger partial charge in [-0.3, -0.25) is 0 Å². The predicted molar refractivity (Wildman–Crippen MR) is 107 cm³/mol. The molecule has 2 aromatic rings. The molecule has 1 aliphatic rings. The van der Waals surface area contributed by atoms with Gasteiger partial charge in [-0.15, -0.1) is 10.2 Å². The largest absolute Gasteiger partial charge is 0.344 e. The molecule has 8 heteroatoms. The molecule has 0 spiro atoms. The normalized spacial score (nSPS) is 17.1. The van der Waals surface area contributed by atoms with Crippen LogP contribution in [0.1, 0.15) is 31.3 Å². The van der Waals surface area contributed by atoms with Crippen LogP contribution in [0.25, 0.3) is 6.08 Å². The molecule has 0 aliphatic carbocycles. The molecule has 2 heterocycles. The molecule has 0 bridgehead atoms. The molecule has 0 atom stereocenters. The highest BCUT2D eigenvalue weighted by atomic mass is 32.2. The van der Waals surface area contributed by atoms with Gasteiger partial charge in [0.25, 0.3) is 0 Å². The van der Waals surface area contributed by atoms with Crippen LogP contribution in [0.5, 0.6) is 0 Å². The maximum absolute atomic E-state index is 12.5. The van der Waals surface area contributed by atoms with Gasteiger partial charge in [0.2, 0.25) is 15.2 Å². The first-order valence-electron chi connectivity index (χ1n) is 8.58. The molecule has 0 saturated carbocycles. The molecule has 0 amide bonds. The van der Waals surface area contributed by atoms with Crippen molar-refractivity contribution in [1.29, 1.82) is 0 Å². The molecule has 6 nitrogen and oxygen atoms in total. The van der Waals surface area contributed by atoms with Crippen LogP contribution in [-0.4, -0.2) is 49.1 Å². The van der Waals surface area contributed by atoms with Crippen molar-refractivity contribution in [3.63, 3.8) is 0 Å². The maximum Gasteiger partial charge on any atom is 0.236 e. The summed E-state index contributed by atoms with van der Waals surface area (Å²) in [5.41, 5.74) is 0.849. The number of hydrogen-bond acceptors (Lipinski definition) is 6. The first-order valence-corrected chi connectivity index (χ1v) is 10.9. The number of sulfonamides is 1. The summed E-state index contributed by atoms with van der Waals surface area (Å²) in [7, 11) is -3.41. The van der Waals surface area contributed by atoms with Gasteiger partial charge >= 0.3 is 0 Å². The van der Waals surface area contributed by atoms with E-state index in [1.807, 2.05) is 30.3 Å². The van der Waals surface area contributed by atoms with E-state index in [2.05, 4.69) is 35.9 Å². The Balaban J connectivity index is 1.62. The van der Waals surface area contributed by atoms with Gasteiger partial charge in [0.05, 0.1) is 0 Å². The third kappa shape index (κ3) is 4.49. The summed E-state index contributed by atoms with van der Waals surface area (Å²) in [6, 6.07) is 9.44. The van der Waals surface area contributed by atoms with Crippen molar-refractivity contribution in [1.82, 2.24) is 14.5 Å². The first-order chi connectivity index (χ1) is 12.3. The average Bonchev–Trinajstić information content (AvgIpc) is 3.12. The van der Waals surface area contributed by atoms with E-state index in [1.165, 1.54) is 9.71 Å². The molecule has 26 heavy (non-hydrogen) atoms. The van der Waals surface area contributed by atoms with E-state index >= 15 is 0 Å². The van der Waals surface area contributed by atoms with E-state index in [-0.39, 0.29) is 5.41 Å². The lowest BCUT2D eigenvalue weighted by Gasteiger charge is -2.32. The summed E-state index contributed by atoms with van der Waals surface area (Å²) in [5.74, 6) is 0. The van der Waals surface area contributed by atoms with Crippen LogP contribution in [0, 0.1) is 0 Å². The highest BCUT2D eigenvalue weighted by molar-refractivity contribution is 7.92. The standard InChI is InChI=1S/C18H24N4O2S2/c1-18(2,3)16-19-20-17(25-16)21-10-12-22(13-11-21)26(23,24)14-9-15-7-5-4-6-8-15/h4-9,14H,10-13H2,1-3H3/b14-9+. The van der Waals surface area contributed by atoms with Gasteiger partial charge in [-0.25, -0.2) is 8.42 Å². The lowest BCUT2D eigenvalue weighted by molar-refractivity contribution is 0.389. The van der Waals surface area contributed by atoms with E-state index < -0.39 is 10.0 Å². The van der Waals surface area contributed by atoms with Crippen LogP contribution in [0.4, 0.5) is 5.13 Å². The zero-order valence-corrected chi connectivity index (χ0v) is 16.9. The highest BCUT2D eigenvalue weighted by Crippen LogP contribution is 2.30. The van der Waals surface area contributed by atoms with Crippen LogP contribution < -0.4 is 4.90 Å². The Kier molecular flexibility index (Phi) is 5.45. The zero-order valence-electron chi connectivity index (χ0n) is 15.3. The Morgan fingerprint density at radius 3 is 2.27 bits per heavy atom. The Bertz CT molecular complexity index is 862. The number of aromatic nitrogens is 2. The Morgan fingerprint density at radius 2 is 1.69 bits per heavy atom. The monoisotopic (exact) mass is 392 g/mol. The number of nitrogens with zero attached hydrogens (tertiary/aromatic N) is 4. The van der Waals surface area contributed by atoms with E-state index in [1.54, 1.807) is 17.4 Å². The molecule has 1 aliphatic heterocycles. The van der Waals surface area contributed by atoms with Gasteiger partial charge in [0.15, 0.2) is 0 Å². The fourth-order valence-corrected chi connectivity index (χ4v) is 4.72. The minimum Gasteiger partial charge on any atom is -0.344 e. The summed E-state index contributed by atoms with van der Waals surface area (Å²) in [6.45, 7) is 8.48. The topological polar surface area (TPSA) is 66.4 Å². The van der Waals surface area contributed by atoms with Gasteiger partial charge in [0.1, 0.15) is 5.01 Å². The first kappa shape index (κ1) is 19.0. The highest BCUT2D eigenvalue weighted by Gasteiger charge is 2.28. The fourth-order valence-electron chi connectivity index (χ4n) is 2.60. The summed E-state index contributed by atoms with van der Waals surface area (Å²) < 4.78 is 26.6. The number of anilines is 1. The Morgan fingerprint density at radius 1 is 1.04 bits per heavy atom. The number of hydrogen-bond donors (Lipinski definition) is 0. The number of rotatable bonds is 4. The molecule has 1 saturated heterocycles. The van der Waals surface area contributed by atoms with Gasteiger partial charge in [-0.1, -0.05) is 62.4 Å². The Labute approximate surface area is 159 Å². The summed E-state index contributed by atoms with van der Waals surface area (Å²) in [4.78, 5) is 2.11. The summed E-state index contributed by atoms with van der Waals surface area (Å²) >= 11 is 1.58. The Hall–Kier alpha value is -1.77. The van der Waals surface area contributed by atoms with Crippen molar-refractivity contribution in [2.45, 2.75) is 26.2 Å². The van der Waals surface area contributed by atoms with Gasteiger partial charge in [-0.2, -0.15) is 4.31 Å². The molecule has 1 fully saturated rings. The van der Waals surface area contributed by atoms with Gasteiger partial charge in [-0.05, 0) is 11.6 Å². The van der Waals surface area contributed by atoms with E-state index in [0.29, 0.717) is 26.2 Å². The molecule has 3 rings (SSSR count). The SMILES string of the molecule is CC(C)(C)c1nnc(N2CCN(S(=O)(=O)/C=C/c3ccccc3)CC2)s1. The van der Waals surface area contributed by atoms with Crippen molar-refractivity contribution in [3.05, 3.63) is 46.3 Å². The molecule has 0 radical (unpaired) electrons. The molecular weight excluding hydrogens is 368 g/mol. The number of piperazine rings is 1. The van der Waals surface area contributed by atoms with E-state index in [9.17, 15) is 8.42 Å². The van der Waals surface area contributed by atoms with Crippen molar-refractivity contribution < 1.29 is 8.42 Å². The van der Waals surface area contributed by atoms with Crippen molar-refractivity contribution in [2.75, 3.05) is 31.1 Å². The van der Waals surface area contributed by atoms with Gasteiger partial charge < -0.3 is 4.90 Å². The van der Waals surface area contributed by atoms with E-state index in [4.69, 9.17) is 0 Å². The lowest BCUT2D eigenvalue weighted by atomic mass is 9.98. The quantitative estimate of drug-likeness (QED) is 0.800. The summed E-state index contributed by atoms with van der Waals surface area (Å²) in [6.07, 6.45) is 1.64. The lowest BCUT2D eigenvalue weighted by Crippen LogP contribution is -2.48. The number of benzene rings is 1. The molecule has 1 aromatic heterocycles. The molecule has 0 unspecified atom stereocenters. The predicted octanol–water partition coefficient (Wildman–Crippen LogP) is 2.96. The molecule has 140 valence electrons. The van der Waals surface area contributed by atoms with Crippen LogP contribution >= 0.6 is 11.3 Å². The van der Waals surface area contributed by atoms with Gasteiger partial charge in [0, 0.05) is 37.0 Å². The van der Waals surface area contributed by atoms with Crippen LogP contribution in [0.15, 0.2) is 35.7 Å². The molecular formula is C18H24N4O2S2. The van der Waals surface area contributed by atoms with Crippen LogP contribution in [0.3, 0.4) is 0 Å². The van der Waals surface area contributed by atoms with Crippen LogP contribution in [0.2, 0.25) is 0 Å². The van der Waals surface area contributed by atoms with Crippen molar-refractivity contribution in [3.8, 4) is 0 Å². The summed E-state index contributed by atoms with van der Waals surface area (Å²) in [5, 5.41) is 11.7. The minimum absolute atomic E-state index is 0.0245. The zero-order chi connectivity index (χ0) is 18.8. The fraction of sp³-hybridized carbons (Fsp3) is 0.444. The maximum atomic E-state index is 12.5. The molecule has 0 N–H and O–H groups in total. The molecule has 1 aromatic carbocycles. The van der Waals surface area contributed by atoms with E-state index in [0.717, 1.165) is 15.7 Å². The third-order valence-electron chi connectivity index (χ3n) is 4.16. The van der Waals surface area contributed by atoms with Crippen LogP contribution in [-0.2, 0) is 15.4 Å². The second-order valence-corrected chi connectivity index (χ2v) is 10.1.